The molecule has 1 N–H and O–H groups in total. The van der Waals surface area contributed by atoms with Crippen molar-refractivity contribution in [2.24, 2.45) is 0 Å². The molecule has 0 aliphatic heterocycles. The van der Waals surface area contributed by atoms with Crippen molar-refractivity contribution in [2.75, 3.05) is 5.32 Å². The summed E-state index contributed by atoms with van der Waals surface area (Å²) < 4.78 is 19.6. The maximum absolute atomic E-state index is 14.0. The Morgan fingerprint density at radius 2 is 1.74 bits per heavy atom. The molecule has 4 aromatic rings. The average Bonchev–Trinajstić information content (AvgIpc) is 3.04. The largest absolute Gasteiger partial charge is 0.436 e. The van der Waals surface area contributed by atoms with E-state index in [1.165, 1.54) is 6.07 Å². The van der Waals surface area contributed by atoms with Crippen molar-refractivity contribution in [1.29, 1.82) is 0 Å². The third-order valence-electron chi connectivity index (χ3n) is 4.23. The Morgan fingerprint density at radius 1 is 1.00 bits per heavy atom. The maximum Gasteiger partial charge on any atom is 0.255 e. The second kappa shape index (κ2) is 6.68. The molecule has 5 heteroatoms. The topological polar surface area (TPSA) is 55.1 Å². The minimum absolute atomic E-state index is 0.195. The van der Waals surface area contributed by atoms with E-state index in [0.29, 0.717) is 27.9 Å². The van der Waals surface area contributed by atoms with Gasteiger partial charge < -0.3 is 9.73 Å². The molecule has 0 bridgehead atoms. The Morgan fingerprint density at radius 3 is 2.48 bits per heavy atom. The molecule has 0 saturated heterocycles. The van der Waals surface area contributed by atoms with Gasteiger partial charge in [0.25, 0.3) is 5.91 Å². The first-order valence-corrected chi connectivity index (χ1v) is 8.55. The smallest absolute Gasteiger partial charge is 0.255 e. The summed E-state index contributed by atoms with van der Waals surface area (Å²) in [7, 11) is 0. The first-order chi connectivity index (χ1) is 13.0. The number of nitrogens with zero attached hydrogens (tertiary/aromatic N) is 1. The van der Waals surface area contributed by atoms with Gasteiger partial charge in [-0.25, -0.2) is 9.37 Å². The van der Waals surface area contributed by atoms with Crippen LogP contribution in [0.25, 0.3) is 22.6 Å². The molecule has 0 saturated carbocycles. The molecule has 134 valence electrons. The van der Waals surface area contributed by atoms with Crippen LogP contribution in [0.4, 0.5) is 10.1 Å². The van der Waals surface area contributed by atoms with E-state index in [-0.39, 0.29) is 11.8 Å². The molecule has 0 spiro atoms. The van der Waals surface area contributed by atoms with E-state index in [1.54, 1.807) is 36.4 Å². The van der Waals surface area contributed by atoms with E-state index >= 15 is 0 Å². The highest BCUT2D eigenvalue weighted by Crippen LogP contribution is 2.28. The van der Waals surface area contributed by atoms with Crippen LogP contribution in [0.1, 0.15) is 21.5 Å². The third kappa shape index (κ3) is 3.44. The lowest BCUT2D eigenvalue weighted by molar-refractivity contribution is 0.102. The fourth-order valence-electron chi connectivity index (χ4n) is 3.06. The van der Waals surface area contributed by atoms with Crippen molar-refractivity contribution in [3.8, 4) is 11.5 Å². The third-order valence-corrected chi connectivity index (χ3v) is 4.23. The van der Waals surface area contributed by atoms with Gasteiger partial charge in [-0.05, 0) is 56.3 Å². The van der Waals surface area contributed by atoms with Crippen LogP contribution in [0.3, 0.4) is 0 Å². The number of oxazole rings is 1. The molecular weight excluding hydrogens is 343 g/mol. The molecule has 4 nitrogen and oxygen atoms in total. The predicted molar refractivity (Wildman–Crippen MR) is 103 cm³/mol. The molecule has 3 aromatic carbocycles. The van der Waals surface area contributed by atoms with E-state index in [2.05, 4.69) is 10.3 Å². The number of anilines is 1. The summed E-state index contributed by atoms with van der Waals surface area (Å²) in [5.74, 6) is -0.382. The summed E-state index contributed by atoms with van der Waals surface area (Å²) in [6.07, 6.45) is 0. The minimum Gasteiger partial charge on any atom is -0.436 e. The van der Waals surface area contributed by atoms with Crippen molar-refractivity contribution >= 4 is 22.7 Å². The number of hydrogen-bond donors (Lipinski definition) is 1. The number of benzene rings is 3. The number of carbonyl (C=O) groups excluding carboxylic acids is 1. The predicted octanol–water partition coefficient (Wildman–Crippen LogP) is 5.50. The van der Waals surface area contributed by atoms with Crippen LogP contribution in [0.15, 0.2) is 65.1 Å². The monoisotopic (exact) mass is 360 g/mol. The van der Waals surface area contributed by atoms with Gasteiger partial charge in [0.1, 0.15) is 11.3 Å². The molecule has 0 aliphatic rings. The summed E-state index contributed by atoms with van der Waals surface area (Å²) in [6.45, 7) is 3.91. The van der Waals surface area contributed by atoms with Crippen LogP contribution >= 0.6 is 0 Å². The first kappa shape index (κ1) is 17.0. The van der Waals surface area contributed by atoms with Gasteiger partial charge in [-0.3, -0.25) is 4.79 Å². The highest BCUT2D eigenvalue weighted by atomic mass is 19.1. The molecule has 0 atom stereocenters. The fourth-order valence-corrected chi connectivity index (χ4v) is 3.06. The van der Waals surface area contributed by atoms with Gasteiger partial charge in [0.05, 0.1) is 5.56 Å². The summed E-state index contributed by atoms with van der Waals surface area (Å²) >= 11 is 0. The fraction of sp³-hybridized carbons (Fsp3) is 0.0909. The number of nitrogens with one attached hydrogen (secondary N) is 1. The van der Waals surface area contributed by atoms with Crippen LogP contribution in [0, 0.1) is 19.7 Å². The molecule has 4 rings (SSSR count). The van der Waals surface area contributed by atoms with Crippen molar-refractivity contribution in [2.45, 2.75) is 13.8 Å². The lowest BCUT2D eigenvalue weighted by Crippen LogP contribution is -2.12. The van der Waals surface area contributed by atoms with E-state index in [9.17, 15) is 9.18 Å². The normalized spacial score (nSPS) is 10.9. The van der Waals surface area contributed by atoms with Crippen molar-refractivity contribution in [1.82, 2.24) is 4.98 Å². The zero-order chi connectivity index (χ0) is 19.0. The minimum atomic E-state index is -0.396. The molecular formula is C22H17FN2O2. The van der Waals surface area contributed by atoms with Crippen LogP contribution < -0.4 is 5.32 Å². The number of rotatable bonds is 3. The Bertz CT molecular complexity index is 1140. The van der Waals surface area contributed by atoms with Crippen LogP contribution in [-0.4, -0.2) is 10.9 Å². The lowest BCUT2D eigenvalue weighted by Gasteiger charge is -2.07. The number of aromatic nitrogens is 1. The molecule has 1 amide bonds. The molecule has 1 aromatic heterocycles. The van der Waals surface area contributed by atoms with E-state index in [4.69, 9.17) is 4.42 Å². The average molecular weight is 360 g/mol. The van der Waals surface area contributed by atoms with Gasteiger partial charge in [-0.2, -0.15) is 0 Å². The van der Waals surface area contributed by atoms with Crippen LogP contribution in [-0.2, 0) is 0 Å². The summed E-state index contributed by atoms with van der Waals surface area (Å²) in [5.41, 5.74) is 4.63. The van der Waals surface area contributed by atoms with E-state index < -0.39 is 5.82 Å². The molecule has 0 radical (unpaired) electrons. The van der Waals surface area contributed by atoms with Gasteiger partial charge in [0.15, 0.2) is 5.58 Å². The highest BCUT2D eigenvalue weighted by Gasteiger charge is 2.13. The molecule has 0 aliphatic carbocycles. The number of amides is 1. The number of hydrogen-bond acceptors (Lipinski definition) is 3. The van der Waals surface area contributed by atoms with Gasteiger partial charge in [0, 0.05) is 11.3 Å². The molecule has 1 heterocycles. The number of carbonyl (C=O) groups is 1. The number of halogens is 1. The Labute approximate surface area is 155 Å². The Hall–Kier alpha value is -3.47. The molecule has 0 unspecified atom stereocenters. The second-order valence-corrected chi connectivity index (χ2v) is 6.51. The lowest BCUT2D eigenvalue weighted by atomic mass is 10.1. The summed E-state index contributed by atoms with van der Waals surface area (Å²) in [5, 5.41) is 2.87. The van der Waals surface area contributed by atoms with E-state index in [1.807, 2.05) is 32.0 Å². The van der Waals surface area contributed by atoms with Crippen LogP contribution in [0.5, 0.6) is 0 Å². The van der Waals surface area contributed by atoms with E-state index in [0.717, 1.165) is 11.1 Å². The Balaban J connectivity index is 1.64. The van der Waals surface area contributed by atoms with Crippen molar-refractivity contribution < 1.29 is 13.6 Å². The molecule has 0 fully saturated rings. The maximum atomic E-state index is 14.0. The van der Waals surface area contributed by atoms with Gasteiger partial charge in [0.2, 0.25) is 5.89 Å². The Kier molecular flexibility index (Phi) is 4.20. The number of fused-ring (bicyclic) bond motifs is 1. The van der Waals surface area contributed by atoms with Gasteiger partial charge in [-0.15, -0.1) is 0 Å². The SMILES string of the molecule is Cc1cc(C)cc(C(=O)Nc2ccc3oc(-c4ccccc4F)nc3c2)c1. The highest BCUT2D eigenvalue weighted by molar-refractivity contribution is 6.05. The van der Waals surface area contributed by atoms with Crippen LogP contribution in [0.2, 0.25) is 0 Å². The number of aryl methyl sites for hydroxylation is 2. The van der Waals surface area contributed by atoms with Gasteiger partial charge in [-0.1, -0.05) is 29.3 Å². The molecule has 27 heavy (non-hydrogen) atoms. The zero-order valence-corrected chi connectivity index (χ0v) is 14.9. The summed E-state index contributed by atoms with van der Waals surface area (Å²) in [6, 6.07) is 17.2. The van der Waals surface area contributed by atoms with Gasteiger partial charge >= 0.3 is 0 Å². The zero-order valence-electron chi connectivity index (χ0n) is 14.9. The quantitative estimate of drug-likeness (QED) is 0.525. The van der Waals surface area contributed by atoms with Crippen molar-refractivity contribution in [3.63, 3.8) is 0 Å². The standard InChI is InChI=1S/C22H17FN2O2/c1-13-9-14(2)11-15(10-13)21(26)24-16-7-8-20-19(12-16)25-22(27-20)17-5-3-4-6-18(17)23/h3-12H,1-2H3,(H,24,26). The summed E-state index contributed by atoms with van der Waals surface area (Å²) in [4.78, 5) is 16.9. The first-order valence-electron chi connectivity index (χ1n) is 8.55. The van der Waals surface area contributed by atoms with Crippen molar-refractivity contribution in [3.05, 3.63) is 83.2 Å². The second-order valence-electron chi connectivity index (χ2n) is 6.51.